The quantitative estimate of drug-likeness (QED) is 0.857. The van der Waals surface area contributed by atoms with Crippen LogP contribution < -0.4 is 5.73 Å². The van der Waals surface area contributed by atoms with E-state index in [1.165, 1.54) is 4.90 Å². The number of carbonyl (C=O) groups is 1. The van der Waals surface area contributed by atoms with Crippen molar-refractivity contribution in [3.05, 3.63) is 11.8 Å². The summed E-state index contributed by atoms with van der Waals surface area (Å²) >= 11 is 0. The van der Waals surface area contributed by atoms with Crippen molar-refractivity contribution in [2.75, 3.05) is 18.8 Å². The Balaban J connectivity index is 2.04. The highest BCUT2D eigenvalue weighted by Gasteiger charge is 2.38. The first-order valence-corrected chi connectivity index (χ1v) is 7.37. The Bertz CT molecular complexity index is 570. The van der Waals surface area contributed by atoms with Crippen molar-refractivity contribution in [2.45, 2.75) is 51.4 Å². The predicted octanol–water partition coefficient (Wildman–Crippen LogP) is 3.06. The fourth-order valence-corrected chi connectivity index (χ4v) is 2.52. The van der Waals surface area contributed by atoms with E-state index in [2.05, 4.69) is 5.10 Å². The van der Waals surface area contributed by atoms with Gasteiger partial charge in [0.2, 0.25) is 0 Å². The molecule has 2 heterocycles. The highest BCUT2D eigenvalue weighted by Crippen LogP contribution is 2.34. The average Bonchev–Trinajstić information content (AvgIpc) is 2.79. The van der Waals surface area contributed by atoms with Gasteiger partial charge < -0.3 is 15.4 Å². The fraction of sp³-hybridized carbons (Fsp3) is 0.714. The number of halogens is 3. The third-order valence-corrected chi connectivity index (χ3v) is 3.51. The molecular formula is C14H21F3N4O2. The maximum Gasteiger partial charge on any atom is 0.433 e. The van der Waals surface area contributed by atoms with E-state index >= 15 is 0 Å². The zero-order valence-electron chi connectivity index (χ0n) is 13.4. The van der Waals surface area contributed by atoms with Crippen LogP contribution >= 0.6 is 0 Å². The van der Waals surface area contributed by atoms with E-state index < -0.39 is 29.6 Å². The van der Waals surface area contributed by atoms with Crippen LogP contribution in [0.5, 0.6) is 0 Å². The summed E-state index contributed by atoms with van der Waals surface area (Å²) in [4.78, 5) is 13.5. The first kappa shape index (κ1) is 17.4. The van der Waals surface area contributed by atoms with Gasteiger partial charge in [-0.15, -0.1) is 0 Å². The highest BCUT2D eigenvalue weighted by atomic mass is 19.4. The third kappa shape index (κ3) is 4.29. The molecule has 2 N–H and O–H groups in total. The standard InChI is InChI=1S/C14H21F3N4O2/c1-13(2,3)23-12(22)20-6-4-9(5-7-20)21-10(14(15,16)17)8-11(18)19-21/h8-9H,4-7H2,1-3H3,(H2,18,19). The molecule has 130 valence electrons. The van der Waals surface area contributed by atoms with Crippen molar-refractivity contribution in [1.82, 2.24) is 14.7 Å². The predicted molar refractivity (Wildman–Crippen MR) is 77.7 cm³/mol. The molecule has 0 saturated carbocycles. The number of nitrogen functional groups attached to an aromatic ring is 1. The van der Waals surface area contributed by atoms with Crippen LogP contribution in [0.2, 0.25) is 0 Å². The fourth-order valence-electron chi connectivity index (χ4n) is 2.52. The molecule has 9 heteroatoms. The number of ether oxygens (including phenoxy) is 1. The Labute approximate surface area is 132 Å². The molecular weight excluding hydrogens is 313 g/mol. The van der Waals surface area contributed by atoms with Crippen LogP contribution in [-0.4, -0.2) is 39.5 Å². The van der Waals surface area contributed by atoms with Crippen LogP contribution in [0.15, 0.2) is 6.07 Å². The van der Waals surface area contributed by atoms with E-state index in [0.29, 0.717) is 25.9 Å². The molecule has 1 aromatic rings. The lowest BCUT2D eigenvalue weighted by Gasteiger charge is -2.34. The van der Waals surface area contributed by atoms with E-state index in [9.17, 15) is 18.0 Å². The van der Waals surface area contributed by atoms with Gasteiger partial charge >= 0.3 is 12.3 Å². The van der Waals surface area contributed by atoms with Crippen molar-refractivity contribution >= 4 is 11.9 Å². The number of aromatic nitrogens is 2. The number of alkyl halides is 3. The number of rotatable bonds is 1. The summed E-state index contributed by atoms with van der Waals surface area (Å²) < 4.78 is 45.2. The zero-order valence-corrected chi connectivity index (χ0v) is 13.4. The largest absolute Gasteiger partial charge is 0.444 e. The number of hydrogen-bond donors (Lipinski definition) is 1. The third-order valence-electron chi connectivity index (χ3n) is 3.51. The number of hydrogen-bond acceptors (Lipinski definition) is 4. The van der Waals surface area contributed by atoms with E-state index in [1.54, 1.807) is 20.8 Å². The summed E-state index contributed by atoms with van der Waals surface area (Å²) in [5.41, 5.74) is 3.95. The molecule has 1 aliphatic rings. The van der Waals surface area contributed by atoms with Crippen molar-refractivity contribution in [2.24, 2.45) is 0 Å². The van der Waals surface area contributed by atoms with E-state index in [0.717, 1.165) is 10.7 Å². The van der Waals surface area contributed by atoms with E-state index in [4.69, 9.17) is 10.5 Å². The van der Waals surface area contributed by atoms with Gasteiger partial charge in [-0.25, -0.2) is 4.79 Å². The number of anilines is 1. The first-order chi connectivity index (χ1) is 10.5. The minimum absolute atomic E-state index is 0.160. The maximum absolute atomic E-state index is 13.0. The van der Waals surface area contributed by atoms with Crippen molar-refractivity contribution in [3.8, 4) is 0 Å². The normalized spacial score (nSPS) is 17.4. The maximum atomic E-state index is 13.0. The molecule has 0 unspecified atom stereocenters. The molecule has 1 saturated heterocycles. The minimum Gasteiger partial charge on any atom is -0.444 e. The molecule has 1 fully saturated rings. The molecule has 1 aromatic heterocycles. The molecule has 0 aliphatic carbocycles. The summed E-state index contributed by atoms with van der Waals surface area (Å²) in [6, 6.07) is 0.392. The van der Waals surface area contributed by atoms with Crippen LogP contribution in [0.1, 0.15) is 45.3 Å². The van der Waals surface area contributed by atoms with Crippen molar-refractivity contribution < 1.29 is 22.7 Å². The second kappa shape index (κ2) is 5.93. The van der Waals surface area contributed by atoms with Gasteiger partial charge in [0, 0.05) is 19.2 Å². The average molecular weight is 334 g/mol. The van der Waals surface area contributed by atoms with Gasteiger partial charge in [-0.05, 0) is 33.6 Å². The monoisotopic (exact) mass is 334 g/mol. The van der Waals surface area contributed by atoms with Gasteiger partial charge in [-0.2, -0.15) is 18.3 Å². The Morgan fingerprint density at radius 1 is 1.30 bits per heavy atom. The van der Waals surface area contributed by atoms with Gasteiger partial charge in [0.1, 0.15) is 17.1 Å². The van der Waals surface area contributed by atoms with Crippen LogP contribution in [0, 0.1) is 0 Å². The molecule has 23 heavy (non-hydrogen) atoms. The number of amides is 1. The number of likely N-dealkylation sites (tertiary alicyclic amines) is 1. The lowest BCUT2D eigenvalue weighted by Crippen LogP contribution is -2.42. The lowest BCUT2D eigenvalue weighted by molar-refractivity contribution is -0.145. The second-order valence-corrected chi connectivity index (χ2v) is 6.60. The van der Waals surface area contributed by atoms with Gasteiger partial charge in [0.15, 0.2) is 0 Å². The van der Waals surface area contributed by atoms with E-state index in [-0.39, 0.29) is 5.82 Å². The molecule has 0 spiro atoms. The number of carbonyl (C=O) groups excluding carboxylic acids is 1. The number of nitrogens with two attached hydrogens (primary N) is 1. The summed E-state index contributed by atoms with van der Waals surface area (Å²) in [6.45, 7) is 5.92. The molecule has 0 radical (unpaired) electrons. The molecule has 0 atom stereocenters. The van der Waals surface area contributed by atoms with Crippen molar-refractivity contribution in [1.29, 1.82) is 0 Å². The number of piperidine rings is 1. The SMILES string of the molecule is CC(C)(C)OC(=O)N1CCC(n2nc(N)cc2C(F)(F)F)CC1. The van der Waals surface area contributed by atoms with Gasteiger partial charge in [0.25, 0.3) is 0 Å². The summed E-state index contributed by atoms with van der Waals surface area (Å²) in [7, 11) is 0. The summed E-state index contributed by atoms with van der Waals surface area (Å²) in [5.74, 6) is -0.160. The topological polar surface area (TPSA) is 73.4 Å². The summed E-state index contributed by atoms with van der Waals surface area (Å²) in [6.07, 6.45) is -4.23. The molecule has 1 aliphatic heterocycles. The zero-order chi connectivity index (χ0) is 17.4. The van der Waals surface area contributed by atoms with Crippen LogP contribution in [-0.2, 0) is 10.9 Å². The molecule has 6 nitrogen and oxygen atoms in total. The van der Waals surface area contributed by atoms with Crippen molar-refractivity contribution in [3.63, 3.8) is 0 Å². The van der Waals surface area contributed by atoms with Gasteiger partial charge in [-0.1, -0.05) is 0 Å². The minimum atomic E-state index is -4.51. The Morgan fingerprint density at radius 2 is 1.87 bits per heavy atom. The summed E-state index contributed by atoms with van der Waals surface area (Å²) in [5, 5.41) is 3.77. The Kier molecular flexibility index (Phi) is 4.50. The van der Waals surface area contributed by atoms with E-state index in [1.807, 2.05) is 0 Å². The molecule has 0 aromatic carbocycles. The Morgan fingerprint density at radius 3 is 2.35 bits per heavy atom. The first-order valence-electron chi connectivity index (χ1n) is 7.37. The highest BCUT2D eigenvalue weighted by molar-refractivity contribution is 5.68. The van der Waals surface area contributed by atoms with Crippen LogP contribution in [0.4, 0.5) is 23.8 Å². The number of nitrogens with zero attached hydrogens (tertiary/aromatic N) is 3. The van der Waals surface area contributed by atoms with Crippen LogP contribution in [0.3, 0.4) is 0 Å². The molecule has 1 amide bonds. The Hall–Kier alpha value is -1.93. The lowest BCUT2D eigenvalue weighted by atomic mass is 10.1. The van der Waals surface area contributed by atoms with Gasteiger partial charge in [-0.3, -0.25) is 4.68 Å². The molecule has 0 bridgehead atoms. The molecule has 2 rings (SSSR count). The second-order valence-electron chi connectivity index (χ2n) is 6.60. The van der Waals surface area contributed by atoms with Crippen LogP contribution in [0.25, 0.3) is 0 Å². The smallest absolute Gasteiger partial charge is 0.433 e. The van der Waals surface area contributed by atoms with Gasteiger partial charge in [0.05, 0.1) is 6.04 Å².